The van der Waals surface area contributed by atoms with Crippen LogP contribution < -0.4 is 11.1 Å². The van der Waals surface area contributed by atoms with E-state index in [1.165, 1.54) is 0 Å². The summed E-state index contributed by atoms with van der Waals surface area (Å²) in [4.78, 5) is 16.2. The summed E-state index contributed by atoms with van der Waals surface area (Å²) in [5.41, 5.74) is 8.86. The first kappa shape index (κ1) is 12.1. The zero-order valence-electron chi connectivity index (χ0n) is 10.4. The number of benzene rings is 1. The largest absolute Gasteiger partial charge is 0.398 e. The molecule has 0 bridgehead atoms. The van der Waals surface area contributed by atoms with Crippen molar-refractivity contribution in [3.8, 4) is 0 Å². The van der Waals surface area contributed by atoms with E-state index in [0.717, 1.165) is 11.1 Å². The summed E-state index contributed by atoms with van der Waals surface area (Å²) in [6.07, 6.45) is 1.66. The average molecular weight is 241 g/mol. The van der Waals surface area contributed by atoms with Crippen molar-refractivity contribution in [1.82, 2.24) is 4.98 Å². The number of anilines is 2. The van der Waals surface area contributed by atoms with E-state index in [1.807, 2.05) is 32.0 Å². The molecular weight excluding hydrogens is 226 g/mol. The van der Waals surface area contributed by atoms with E-state index in [9.17, 15) is 4.79 Å². The summed E-state index contributed by atoms with van der Waals surface area (Å²) >= 11 is 0. The lowest BCUT2D eigenvalue weighted by Crippen LogP contribution is -2.14. The van der Waals surface area contributed by atoms with Gasteiger partial charge in [-0.15, -0.1) is 0 Å². The molecule has 1 heterocycles. The lowest BCUT2D eigenvalue weighted by atomic mass is 10.1. The standard InChI is InChI=1S/C14H15N3O/c1-9-8-16-13(10(2)12(9)15)17-14(18)11-6-4-3-5-7-11/h3-8H,1-2H3,(H3,15,16,17,18). The molecule has 0 radical (unpaired) electrons. The van der Waals surface area contributed by atoms with Crippen LogP contribution in [0.1, 0.15) is 21.5 Å². The van der Waals surface area contributed by atoms with Gasteiger partial charge in [-0.1, -0.05) is 18.2 Å². The Bertz CT molecular complexity index is 579. The third-order valence-corrected chi connectivity index (χ3v) is 2.84. The first-order chi connectivity index (χ1) is 8.59. The number of nitrogen functional groups attached to an aromatic ring is 1. The monoisotopic (exact) mass is 241 g/mol. The number of amides is 1. The molecule has 92 valence electrons. The maximum absolute atomic E-state index is 12.0. The molecule has 4 heteroatoms. The summed E-state index contributed by atoms with van der Waals surface area (Å²) in [6.45, 7) is 3.73. The number of hydrogen-bond acceptors (Lipinski definition) is 3. The zero-order valence-corrected chi connectivity index (χ0v) is 10.4. The van der Waals surface area contributed by atoms with E-state index in [0.29, 0.717) is 17.1 Å². The molecule has 1 aromatic carbocycles. The molecular formula is C14H15N3O. The number of hydrogen-bond donors (Lipinski definition) is 2. The van der Waals surface area contributed by atoms with E-state index >= 15 is 0 Å². The SMILES string of the molecule is Cc1cnc(NC(=O)c2ccccc2)c(C)c1N. The Morgan fingerprint density at radius 2 is 1.89 bits per heavy atom. The average Bonchev–Trinajstić information content (AvgIpc) is 2.40. The highest BCUT2D eigenvalue weighted by Gasteiger charge is 2.10. The minimum Gasteiger partial charge on any atom is -0.398 e. The van der Waals surface area contributed by atoms with Gasteiger partial charge in [0.05, 0.1) is 0 Å². The van der Waals surface area contributed by atoms with Gasteiger partial charge in [0.2, 0.25) is 0 Å². The van der Waals surface area contributed by atoms with Crippen molar-refractivity contribution in [1.29, 1.82) is 0 Å². The fourth-order valence-corrected chi connectivity index (χ4v) is 1.65. The summed E-state index contributed by atoms with van der Waals surface area (Å²) in [6, 6.07) is 9.01. The molecule has 0 unspecified atom stereocenters. The third kappa shape index (κ3) is 2.32. The molecule has 0 atom stereocenters. The molecule has 0 saturated heterocycles. The van der Waals surface area contributed by atoms with Crippen molar-refractivity contribution in [3.63, 3.8) is 0 Å². The number of nitrogens with one attached hydrogen (secondary N) is 1. The second-order valence-electron chi connectivity index (χ2n) is 4.15. The minimum absolute atomic E-state index is 0.186. The van der Waals surface area contributed by atoms with Gasteiger partial charge < -0.3 is 11.1 Å². The van der Waals surface area contributed by atoms with Crippen molar-refractivity contribution in [2.45, 2.75) is 13.8 Å². The molecule has 3 N–H and O–H groups in total. The van der Waals surface area contributed by atoms with Crippen LogP contribution in [0.15, 0.2) is 36.5 Å². The number of aryl methyl sites for hydroxylation is 1. The Labute approximate surface area is 106 Å². The van der Waals surface area contributed by atoms with Gasteiger partial charge >= 0.3 is 0 Å². The third-order valence-electron chi connectivity index (χ3n) is 2.84. The molecule has 0 saturated carbocycles. The predicted molar refractivity (Wildman–Crippen MR) is 72.5 cm³/mol. The zero-order chi connectivity index (χ0) is 13.1. The van der Waals surface area contributed by atoms with Crippen molar-refractivity contribution < 1.29 is 4.79 Å². The summed E-state index contributed by atoms with van der Waals surface area (Å²) in [5, 5.41) is 2.76. The molecule has 0 aliphatic carbocycles. The fraction of sp³-hybridized carbons (Fsp3) is 0.143. The topological polar surface area (TPSA) is 68.0 Å². The van der Waals surface area contributed by atoms with Crippen LogP contribution in [-0.4, -0.2) is 10.9 Å². The van der Waals surface area contributed by atoms with Gasteiger partial charge in [-0.05, 0) is 31.5 Å². The van der Waals surface area contributed by atoms with Crippen LogP contribution in [0.3, 0.4) is 0 Å². The normalized spacial score (nSPS) is 10.1. The van der Waals surface area contributed by atoms with Gasteiger partial charge in [0.15, 0.2) is 0 Å². The molecule has 2 rings (SSSR count). The number of nitrogens with two attached hydrogens (primary N) is 1. The number of nitrogens with zero attached hydrogens (tertiary/aromatic N) is 1. The van der Waals surface area contributed by atoms with Gasteiger partial charge in [0.25, 0.3) is 5.91 Å². The van der Waals surface area contributed by atoms with Crippen LogP contribution >= 0.6 is 0 Å². The van der Waals surface area contributed by atoms with Crippen molar-refractivity contribution in [3.05, 3.63) is 53.2 Å². The second-order valence-corrected chi connectivity index (χ2v) is 4.15. The summed E-state index contributed by atoms with van der Waals surface area (Å²) < 4.78 is 0. The lowest BCUT2D eigenvalue weighted by molar-refractivity contribution is 0.102. The maximum atomic E-state index is 12.0. The Balaban J connectivity index is 2.26. The van der Waals surface area contributed by atoms with Crippen molar-refractivity contribution in [2.24, 2.45) is 0 Å². The van der Waals surface area contributed by atoms with Gasteiger partial charge in [-0.25, -0.2) is 4.98 Å². The van der Waals surface area contributed by atoms with E-state index in [2.05, 4.69) is 10.3 Å². The highest BCUT2D eigenvalue weighted by Crippen LogP contribution is 2.22. The van der Waals surface area contributed by atoms with Crippen LogP contribution in [0.25, 0.3) is 0 Å². The fourth-order valence-electron chi connectivity index (χ4n) is 1.65. The molecule has 1 amide bonds. The van der Waals surface area contributed by atoms with Gasteiger partial charge in [-0.3, -0.25) is 4.79 Å². The van der Waals surface area contributed by atoms with Crippen molar-refractivity contribution >= 4 is 17.4 Å². The molecule has 2 aromatic rings. The summed E-state index contributed by atoms with van der Waals surface area (Å²) in [5.74, 6) is 0.321. The molecule has 0 spiro atoms. The minimum atomic E-state index is -0.186. The molecule has 18 heavy (non-hydrogen) atoms. The first-order valence-electron chi connectivity index (χ1n) is 5.67. The lowest BCUT2D eigenvalue weighted by Gasteiger charge is -2.10. The number of aromatic nitrogens is 1. The molecule has 1 aromatic heterocycles. The molecule has 0 fully saturated rings. The van der Waals surface area contributed by atoms with E-state index in [1.54, 1.807) is 18.3 Å². The Hall–Kier alpha value is -2.36. The van der Waals surface area contributed by atoms with Crippen molar-refractivity contribution in [2.75, 3.05) is 11.1 Å². The highest BCUT2D eigenvalue weighted by atomic mass is 16.1. The highest BCUT2D eigenvalue weighted by molar-refractivity contribution is 6.04. The van der Waals surface area contributed by atoms with Crippen LogP contribution in [0.2, 0.25) is 0 Å². The first-order valence-corrected chi connectivity index (χ1v) is 5.67. The van der Waals surface area contributed by atoms with E-state index < -0.39 is 0 Å². The van der Waals surface area contributed by atoms with Crippen LogP contribution in [0.5, 0.6) is 0 Å². The van der Waals surface area contributed by atoms with Gasteiger partial charge in [0, 0.05) is 23.0 Å². The summed E-state index contributed by atoms with van der Waals surface area (Å²) in [7, 11) is 0. The van der Waals surface area contributed by atoms with Crippen LogP contribution in [-0.2, 0) is 0 Å². The maximum Gasteiger partial charge on any atom is 0.256 e. The number of carbonyl (C=O) groups is 1. The molecule has 0 aliphatic rings. The Kier molecular flexibility index (Phi) is 3.28. The quantitative estimate of drug-likeness (QED) is 0.849. The van der Waals surface area contributed by atoms with E-state index in [4.69, 9.17) is 5.73 Å². The van der Waals surface area contributed by atoms with Crippen LogP contribution in [0, 0.1) is 13.8 Å². The Morgan fingerprint density at radius 1 is 1.22 bits per heavy atom. The molecule has 4 nitrogen and oxygen atoms in total. The second kappa shape index (κ2) is 4.87. The van der Waals surface area contributed by atoms with E-state index in [-0.39, 0.29) is 5.91 Å². The van der Waals surface area contributed by atoms with Gasteiger partial charge in [-0.2, -0.15) is 0 Å². The predicted octanol–water partition coefficient (Wildman–Crippen LogP) is 2.53. The molecule has 0 aliphatic heterocycles. The smallest absolute Gasteiger partial charge is 0.256 e. The number of rotatable bonds is 2. The number of carbonyl (C=O) groups excluding carboxylic acids is 1. The van der Waals surface area contributed by atoms with Gasteiger partial charge in [0.1, 0.15) is 5.82 Å². The Morgan fingerprint density at radius 3 is 2.56 bits per heavy atom. The number of pyridine rings is 1. The van der Waals surface area contributed by atoms with Crippen LogP contribution in [0.4, 0.5) is 11.5 Å².